The van der Waals surface area contributed by atoms with E-state index in [9.17, 15) is 0 Å². The van der Waals surface area contributed by atoms with E-state index in [1.807, 2.05) is 23.5 Å². The molecule has 8 aromatic carbocycles. The Morgan fingerprint density at radius 3 is 2.04 bits per heavy atom. The minimum Gasteiger partial charge on any atom is -0.456 e. The lowest BCUT2D eigenvalue weighted by Crippen LogP contribution is -2.10. The maximum absolute atomic E-state index is 6.26. The van der Waals surface area contributed by atoms with E-state index in [-0.39, 0.29) is 0 Å². The normalized spacial score (nSPS) is 11.8. The molecule has 0 aliphatic rings. The van der Waals surface area contributed by atoms with Gasteiger partial charge in [-0.1, -0.05) is 115 Å². The first-order valence-electron chi connectivity index (χ1n) is 15.9. The van der Waals surface area contributed by atoms with Crippen LogP contribution >= 0.6 is 11.3 Å². The van der Waals surface area contributed by atoms with Crippen molar-refractivity contribution in [3.63, 3.8) is 0 Å². The summed E-state index contributed by atoms with van der Waals surface area (Å²) in [6.45, 7) is 0. The maximum atomic E-state index is 6.26. The molecule has 0 bridgehead atoms. The third-order valence-electron chi connectivity index (χ3n) is 9.44. The Morgan fingerprint density at radius 1 is 0.447 bits per heavy atom. The van der Waals surface area contributed by atoms with Gasteiger partial charge in [0.25, 0.3) is 0 Å². The summed E-state index contributed by atoms with van der Waals surface area (Å²) in [7, 11) is 0. The summed E-state index contributed by atoms with van der Waals surface area (Å²) in [4.78, 5) is 2.44. The highest BCUT2D eigenvalue weighted by Gasteiger charge is 2.22. The van der Waals surface area contributed by atoms with Crippen LogP contribution in [0.2, 0.25) is 0 Å². The summed E-state index contributed by atoms with van der Waals surface area (Å²) in [6.07, 6.45) is 0. The van der Waals surface area contributed by atoms with Crippen molar-refractivity contribution in [1.29, 1.82) is 0 Å². The number of hydrogen-bond donors (Lipinski definition) is 0. The molecule has 2 heterocycles. The summed E-state index contributed by atoms with van der Waals surface area (Å²) in [5, 5.41) is 9.77. The fourth-order valence-electron chi connectivity index (χ4n) is 7.26. The quantitative estimate of drug-likeness (QED) is 0.183. The number of anilines is 3. The summed E-state index contributed by atoms with van der Waals surface area (Å²) in [5.74, 6) is 0. The maximum Gasteiger partial charge on any atom is 0.135 e. The lowest BCUT2D eigenvalue weighted by Gasteiger charge is -2.27. The standard InChI is InChI=1S/C44H27NOS/c1-2-10-28(11-3-1)35-23-24-39(43-37-15-7-9-17-42(37)47-44(35)43)45(32-21-25-41-38(27-32)36-14-6-8-16-40(36)46-41)31-20-22-34-30(26-31)19-18-29-12-4-5-13-33(29)34/h1-27H. The van der Waals surface area contributed by atoms with Crippen molar-refractivity contribution < 1.29 is 4.42 Å². The van der Waals surface area contributed by atoms with Crippen molar-refractivity contribution in [2.75, 3.05) is 4.90 Å². The van der Waals surface area contributed by atoms with Crippen molar-refractivity contribution in [1.82, 2.24) is 0 Å². The average molecular weight is 618 g/mol. The highest BCUT2D eigenvalue weighted by atomic mass is 32.1. The van der Waals surface area contributed by atoms with Gasteiger partial charge >= 0.3 is 0 Å². The van der Waals surface area contributed by atoms with Crippen LogP contribution in [0.25, 0.3) is 74.8 Å². The predicted octanol–water partition coefficient (Wildman–Crippen LogP) is 13.4. The number of fused-ring (bicyclic) bond motifs is 9. The Hall–Kier alpha value is -5.90. The zero-order valence-corrected chi connectivity index (χ0v) is 26.2. The molecule has 220 valence electrons. The van der Waals surface area contributed by atoms with E-state index in [2.05, 4.69) is 157 Å². The molecule has 0 aliphatic carbocycles. The highest BCUT2D eigenvalue weighted by Crippen LogP contribution is 2.49. The minimum absolute atomic E-state index is 0.894. The number of nitrogens with zero attached hydrogens (tertiary/aromatic N) is 1. The molecule has 0 atom stereocenters. The van der Waals surface area contributed by atoms with Crippen LogP contribution in [0, 0.1) is 0 Å². The van der Waals surface area contributed by atoms with E-state index in [1.54, 1.807) is 0 Å². The fraction of sp³-hybridized carbons (Fsp3) is 0. The van der Waals surface area contributed by atoms with Crippen LogP contribution < -0.4 is 4.90 Å². The second kappa shape index (κ2) is 10.3. The first-order chi connectivity index (χ1) is 23.3. The molecule has 0 radical (unpaired) electrons. The van der Waals surface area contributed by atoms with Crippen LogP contribution in [0.4, 0.5) is 17.1 Å². The molecular weight excluding hydrogens is 591 g/mol. The first kappa shape index (κ1) is 26.3. The van der Waals surface area contributed by atoms with E-state index in [0.717, 1.165) is 39.0 Å². The van der Waals surface area contributed by atoms with Crippen molar-refractivity contribution in [3.8, 4) is 11.1 Å². The summed E-state index contributed by atoms with van der Waals surface area (Å²) >= 11 is 1.87. The average Bonchev–Trinajstić information content (AvgIpc) is 3.71. The Labute approximate surface area is 275 Å². The molecule has 0 fully saturated rings. The second-order valence-electron chi connectivity index (χ2n) is 12.1. The van der Waals surface area contributed by atoms with Crippen LogP contribution in [0.15, 0.2) is 168 Å². The van der Waals surface area contributed by atoms with Crippen LogP contribution in [0.1, 0.15) is 0 Å². The Kier molecular flexibility index (Phi) is 5.78. The SMILES string of the molecule is c1ccc(-c2ccc(N(c3ccc4c(ccc5ccccc54)c3)c3ccc4oc5ccccc5c4c3)c3c2sc2ccccc23)cc1. The van der Waals surface area contributed by atoms with Crippen LogP contribution in [-0.4, -0.2) is 0 Å². The van der Waals surface area contributed by atoms with Crippen LogP contribution in [-0.2, 0) is 0 Å². The molecule has 0 aliphatic heterocycles. The molecule has 0 spiro atoms. The third kappa shape index (κ3) is 4.10. The zero-order valence-electron chi connectivity index (χ0n) is 25.4. The van der Waals surface area contributed by atoms with Gasteiger partial charge in [0.2, 0.25) is 0 Å². The topological polar surface area (TPSA) is 16.4 Å². The fourth-order valence-corrected chi connectivity index (χ4v) is 8.52. The van der Waals surface area contributed by atoms with E-state index in [0.29, 0.717) is 0 Å². The molecular formula is C44H27NOS. The lowest BCUT2D eigenvalue weighted by molar-refractivity contribution is 0.669. The largest absolute Gasteiger partial charge is 0.456 e. The van der Waals surface area contributed by atoms with Crippen molar-refractivity contribution in [3.05, 3.63) is 164 Å². The molecule has 0 saturated heterocycles. The highest BCUT2D eigenvalue weighted by molar-refractivity contribution is 7.26. The number of hydrogen-bond acceptors (Lipinski definition) is 3. The molecule has 2 aromatic heterocycles. The number of para-hydroxylation sites is 1. The second-order valence-corrected chi connectivity index (χ2v) is 13.2. The zero-order chi connectivity index (χ0) is 30.9. The molecule has 10 aromatic rings. The van der Waals surface area contributed by atoms with E-state index >= 15 is 0 Å². The van der Waals surface area contributed by atoms with Crippen molar-refractivity contribution in [2.24, 2.45) is 0 Å². The smallest absolute Gasteiger partial charge is 0.135 e. The summed E-state index contributed by atoms with van der Waals surface area (Å²) in [5.41, 5.74) is 7.65. The molecule has 3 heteroatoms. The first-order valence-corrected chi connectivity index (χ1v) is 16.7. The van der Waals surface area contributed by atoms with Gasteiger partial charge in [-0.25, -0.2) is 0 Å². The minimum atomic E-state index is 0.894. The number of furan rings is 1. The molecule has 0 N–H and O–H groups in total. The molecule has 0 saturated carbocycles. The van der Waals surface area contributed by atoms with Gasteiger partial charge in [-0.05, 0) is 81.2 Å². The van der Waals surface area contributed by atoms with E-state index in [1.165, 1.54) is 52.8 Å². The number of rotatable bonds is 4. The van der Waals surface area contributed by atoms with Gasteiger partial charge < -0.3 is 9.32 Å². The van der Waals surface area contributed by atoms with E-state index in [4.69, 9.17) is 4.42 Å². The van der Waals surface area contributed by atoms with Gasteiger partial charge in [0.1, 0.15) is 11.2 Å². The number of thiophene rings is 1. The Morgan fingerprint density at radius 2 is 1.13 bits per heavy atom. The van der Waals surface area contributed by atoms with E-state index < -0.39 is 0 Å². The van der Waals surface area contributed by atoms with Gasteiger partial charge in [-0.3, -0.25) is 0 Å². The molecule has 10 rings (SSSR count). The van der Waals surface area contributed by atoms with Crippen LogP contribution in [0.5, 0.6) is 0 Å². The van der Waals surface area contributed by atoms with Gasteiger partial charge in [0.05, 0.1) is 5.69 Å². The molecule has 0 amide bonds. The molecule has 47 heavy (non-hydrogen) atoms. The third-order valence-corrected chi connectivity index (χ3v) is 10.6. The van der Waals surface area contributed by atoms with Crippen molar-refractivity contribution in [2.45, 2.75) is 0 Å². The van der Waals surface area contributed by atoms with Gasteiger partial charge in [0, 0.05) is 42.3 Å². The molecule has 0 unspecified atom stereocenters. The van der Waals surface area contributed by atoms with Gasteiger partial charge in [-0.15, -0.1) is 11.3 Å². The van der Waals surface area contributed by atoms with Crippen LogP contribution in [0.3, 0.4) is 0 Å². The predicted molar refractivity (Wildman–Crippen MR) is 202 cm³/mol. The monoisotopic (exact) mass is 617 g/mol. The Balaban J connectivity index is 1.29. The van der Waals surface area contributed by atoms with Gasteiger partial charge in [0.15, 0.2) is 0 Å². The van der Waals surface area contributed by atoms with Crippen molar-refractivity contribution >= 4 is 92.1 Å². The summed E-state index contributed by atoms with van der Waals surface area (Å²) in [6, 6.07) is 59.1. The molecule has 2 nitrogen and oxygen atoms in total. The summed E-state index contributed by atoms with van der Waals surface area (Å²) < 4.78 is 8.84. The Bertz CT molecular complexity index is 2810. The number of benzene rings is 8. The lowest BCUT2D eigenvalue weighted by atomic mass is 9.99. The van der Waals surface area contributed by atoms with Gasteiger partial charge in [-0.2, -0.15) is 0 Å².